The fraction of sp³-hybridized carbons (Fsp3) is 0.0290. The third-order valence-corrected chi connectivity index (χ3v) is 33.0. The first-order chi connectivity index (χ1) is 72.3. The molecule has 23 aromatic carbocycles. The lowest BCUT2D eigenvalue weighted by Crippen LogP contribution is -2.24. The van der Waals surface area contributed by atoms with Crippen LogP contribution in [0, 0.1) is 0 Å². The van der Waals surface area contributed by atoms with Gasteiger partial charge in [0.2, 0.25) is 0 Å². The van der Waals surface area contributed by atoms with Gasteiger partial charge in [0.15, 0.2) is 7.14 Å². The number of pyridine rings is 2. The van der Waals surface area contributed by atoms with Crippen molar-refractivity contribution in [3.8, 4) is 123 Å². The van der Waals surface area contributed by atoms with Gasteiger partial charge in [-0.25, -0.2) is 19.9 Å². The summed E-state index contributed by atoms with van der Waals surface area (Å²) >= 11 is 0. The van der Waals surface area contributed by atoms with Crippen LogP contribution in [0.5, 0.6) is 0 Å². The van der Waals surface area contributed by atoms with Crippen molar-refractivity contribution in [2.75, 3.05) is 0 Å². The summed E-state index contributed by atoms with van der Waals surface area (Å²) in [7, 11) is -3.03. The number of aromatic nitrogens is 6. The van der Waals surface area contributed by atoms with Crippen LogP contribution >= 0.6 is 7.14 Å². The molecule has 2 aliphatic carbocycles. The summed E-state index contributed by atoms with van der Waals surface area (Å²) in [6.45, 7) is 0. The van der Waals surface area contributed by atoms with Gasteiger partial charge in [-0.3, -0.25) is 9.13 Å². The zero-order valence-corrected chi connectivity index (χ0v) is 80.8. The summed E-state index contributed by atoms with van der Waals surface area (Å²) in [5.74, 6) is 1.87. The molecule has 27 aromatic rings. The summed E-state index contributed by atoms with van der Waals surface area (Å²) in [4.78, 5) is 20.9. The van der Waals surface area contributed by atoms with E-state index in [1.807, 2.05) is 72.8 Å². The number of rotatable bonds is 13. The van der Waals surface area contributed by atoms with Crippen molar-refractivity contribution in [3.63, 3.8) is 0 Å². The van der Waals surface area contributed by atoms with Crippen LogP contribution in [0.1, 0.15) is 22.3 Å². The van der Waals surface area contributed by atoms with Crippen LogP contribution in [0.2, 0.25) is 0 Å². The molecule has 0 amide bonds. The Kier molecular flexibility index (Phi) is 21.7. The first-order valence-corrected chi connectivity index (χ1v) is 52.0. The number of nitrogens with zero attached hydrogens (tertiary/aromatic N) is 6. The topological polar surface area (TPSA) is 78.5 Å². The van der Waals surface area contributed by atoms with E-state index in [4.69, 9.17) is 19.9 Å². The Morgan fingerprint density at radius 2 is 0.521 bits per heavy atom. The van der Waals surface area contributed by atoms with E-state index in [0.29, 0.717) is 0 Å². The molecule has 29 rings (SSSR count). The predicted octanol–water partition coefficient (Wildman–Crippen LogP) is 34.3. The number of aryl methyl sites for hydroxylation is 2. The summed E-state index contributed by atoms with van der Waals surface area (Å²) in [6, 6.07) is 183. The summed E-state index contributed by atoms with van der Waals surface area (Å²) in [5, 5.41) is 19.6. The first-order valence-electron chi connectivity index (χ1n) is 50.3. The molecule has 8 heteroatoms. The van der Waals surface area contributed by atoms with E-state index >= 15 is 0 Å². The molecular formula is C138H93N6OP. The highest BCUT2D eigenvalue weighted by atomic mass is 31.2. The van der Waals surface area contributed by atoms with E-state index in [2.05, 4.69) is 452 Å². The van der Waals surface area contributed by atoms with E-state index in [1.54, 1.807) is 0 Å². The van der Waals surface area contributed by atoms with Crippen molar-refractivity contribution in [3.05, 3.63) is 538 Å². The third kappa shape index (κ3) is 15.3. The van der Waals surface area contributed by atoms with Crippen LogP contribution in [0.3, 0.4) is 0 Å². The summed E-state index contributed by atoms with van der Waals surface area (Å²) in [5.41, 5.74) is 35.3. The van der Waals surface area contributed by atoms with Gasteiger partial charge in [-0.05, 0) is 230 Å². The highest BCUT2D eigenvalue weighted by Crippen LogP contribution is 2.51. The fourth-order valence-electron chi connectivity index (χ4n) is 22.9. The van der Waals surface area contributed by atoms with Gasteiger partial charge in [0.1, 0.15) is 11.6 Å². The molecule has 0 saturated heterocycles. The van der Waals surface area contributed by atoms with Crippen molar-refractivity contribution in [1.29, 1.82) is 0 Å². The minimum Gasteiger partial charge on any atom is -0.309 e. The number of benzene rings is 23. The zero-order chi connectivity index (χ0) is 96.7. The standard InChI is InChI=1S/C53H34N2.C46H29N3.C39H30NOP/c1-2-16-44(17-3-1)55-50-21-11-10-20-49(50)54-53(55)38-26-22-37(23-27-38)41-30-31-47-48(34-41)52(43-29-25-36-13-5-7-15-40(36)33-43)46-19-9-8-18-45(46)51(47)42-28-24-35-12-4-6-14-39(35)32-42;1-2-12-36(13-3-1)49-42-17-9-8-16-41(42)47-46(49)35-24-20-31(21-25-35)30-18-22-34(23-19-30)43-39-28-26-32-10-4-6-14-37(32)44(39)48-45-38-15-7-5-11-33(38)27-29-40(43)45;41-42(30-13-3-1-4-14-30,31-15-5-2-6-16-31)32-23-19-29(20-24-32)37-35-25-21-27-11-7-9-17-33(27)38(35)40-39-34-18-10-8-12-28(34)22-26-36(37)39/h1-34H;1-29H;1-20,23-24H,21-22,25-26H2. The second-order valence-electron chi connectivity index (χ2n) is 38.2. The average Bonchev–Trinajstić information content (AvgIpc) is 1.25. The Labute approximate surface area is 846 Å². The molecular weight excluding hydrogens is 1790 g/mol. The summed E-state index contributed by atoms with van der Waals surface area (Å²) < 4.78 is 19.5. The smallest absolute Gasteiger partial charge is 0.171 e. The lowest BCUT2D eigenvalue weighted by Gasteiger charge is -2.29. The SMILES string of the molecule is O=P(c1ccccc1)(c1ccccc1)c1ccc(-c2c3c(nc4c2CCc2ccccc2-4)-c2ccccc2CC3)cc1.c1ccc(-n2c(-c3ccc(-c4ccc(-c5c6ccc7ccccc7c6nc6c5ccc5ccccc56)cc4)cc3)nc3ccccc32)cc1.c1ccc(-n2c(-c3ccc(-c4ccc5c(-c6ccc7ccccc7c6)c6ccccc6c(-c6ccc7ccccc7c6)c5c4)cc3)nc3ccccc32)cc1. The monoisotopic (exact) mass is 1880 g/mol. The van der Waals surface area contributed by atoms with Gasteiger partial charge in [-0.15, -0.1) is 0 Å². The number of imidazole rings is 2. The van der Waals surface area contributed by atoms with Gasteiger partial charge in [0.05, 0.1) is 44.5 Å². The molecule has 0 bridgehead atoms. The van der Waals surface area contributed by atoms with Crippen molar-refractivity contribution in [2.24, 2.45) is 0 Å². The van der Waals surface area contributed by atoms with Gasteiger partial charge in [-0.1, -0.05) is 449 Å². The fourth-order valence-corrected chi connectivity index (χ4v) is 25.6. The number of hydrogen-bond acceptors (Lipinski definition) is 5. The molecule has 686 valence electrons. The van der Waals surface area contributed by atoms with Crippen LogP contribution in [0.4, 0.5) is 0 Å². The van der Waals surface area contributed by atoms with Gasteiger partial charge < -0.3 is 4.57 Å². The van der Waals surface area contributed by atoms with Crippen molar-refractivity contribution < 1.29 is 4.57 Å². The van der Waals surface area contributed by atoms with Crippen LogP contribution in [-0.4, -0.2) is 29.1 Å². The van der Waals surface area contributed by atoms with E-state index in [-0.39, 0.29) is 0 Å². The molecule has 0 aliphatic heterocycles. The second kappa shape index (κ2) is 36.6. The lowest BCUT2D eigenvalue weighted by atomic mass is 9.78. The average molecular weight is 1880 g/mol. The molecule has 0 unspecified atom stereocenters. The van der Waals surface area contributed by atoms with E-state index in [9.17, 15) is 4.57 Å². The van der Waals surface area contributed by atoms with Crippen LogP contribution in [0.15, 0.2) is 516 Å². The van der Waals surface area contributed by atoms with Crippen LogP contribution in [0.25, 0.3) is 232 Å². The predicted molar refractivity (Wildman–Crippen MR) is 613 cm³/mol. The maximum atomic E-state index is 15.0. The molecule has 0 spiro atoms. The van der Waals surface area contributed by atoms with Gasteiger partial charge in [0.25, 0.3) is 0 Å². The Balaban J connectivity index is 0.000000110. The lowest BCUT2D eigenvalue weighted by molar-refractivity contribution is 0.592. The molecule has 146 heavy (non-hydrogen) atoms. The molecule has 7 nitrogen and oxygen atoms in total. The quantitative estimate of drug-likeness (QED) is 0.0653. The highest BCUT2D eigenvalue weighted by Gasteiger charge is 2.34. The molecule has 4 heterocycles. The van der Waals surface area contributed by atoms with E-state index in [1.165, 1.54) is 170 Å². The van der Waals surface area contributed by atoms with Gasteiger partial charge in [-0.2, -0.15) is 0 Å². The maximum absolute atomic E-state index is 15.0. The Morgan fingerprint density at radius 3 is 1.00 bits per heavy atom. The normalized spacial score (nSPS) is 12.2. The Bertz CT molecular complexity index is 9660. The number of fused-ring (bicyclic) bond motifs is 18. The van der Waals surface area contributed by atoms with E-state index < -0.39 is 7.14 Å². The largest absolute Gasteiger partial charge is 0.309 e. The van der Waals surface area contributed by atoms with Crippen molar-refractivity contribution >= 4 is 132 Å². The molecule has 2 aliphatic rings. The minimum absolute atomic E-state index is 0.857. The van der Waals surface area contributed by atoms with Crippen LogP contribution < -0.4 is 15.9 Å². The maximum Gasteiger partial charge on any atom is 0.171 e. The van der Waals surface area contributed by atoms with Crippen molar-refractivity contribution in [2.45, 2.75) is 25.7 Å². The first kappa shape index (κ1) is 86.7. The zero-order valence-electron chi connectivity index (χ0n) is 79.9. The number of hydrogen-bond donors (Lipinski definition) is 0. The molecule has 0 radical (unpaired) electrons. The van der Waals surface area contributed by atoms with Crippen molar-refractivity contribution in [1.82, 2.24) is 29.1 Å². The molecule has 0 saturated carbocycles. The Hall–Kier alpha value is -18.4. The van der Waals surface area contributed by atoms with E-state index in [0.717, 1.165) is 126 Å². The summed E-state index contributed by atoms with van der Waals surface area (Å²) in [6.07, 6.45) is 3.97. The second-order valence-corrected chi connectivity index (χ2v) is 41.0. The molecule has 0 N–H and O–H groups in total. The van der Waals surface area contributed by atoms with Gasteiger partial charge in [0, 0.05) is 76.7 Å². The van der Waals surface area contributed by atoms with Gasteiger partial charge >= 0.3 is 0 Å². The molecule has 4 aromatic heterocycles. The molecule has 0 fully saturated rings. The third-order valence-electron chi connectivity index (χ3n) is 29.9. The van der Waals surface area contributed by atoms with Crippen LogP contribution in [-0.2, 0) is 30.2 Å². The highest BCUT2D eigenvalue weighted by molar-refractivity contribution is 7.85. The minimum atomic E-state index is -3.03. The number of para-hydroxylation sites is 6. The molecule has 0 atom stereocenters. The Morgan fingerprint density at radius 1 is 0.199 bits per heavy atom.